The van der Waals surface area contributed by atoms with Crippen molar-refractivity contribution >= 4 is 58.3 Å². The molecule has 0 amide bonds. The molecule has 0 aromatic carbocycles. The molecular formula is C8H10Cl4O4. The smallest absolute Gasteiger partial charge is 0.302 e. The van der Waals surface area contributed by atoms with Crippen LogP contribution in [0.4, 0.5) is 0 Å². The number of carbonyl (C=O) groups is 2. The van der Waals surface area contributed by atoms with Gasteiger partial charge in [0.05, 0.1) is 0 Å². The van der Waals surface area contributed by atoms with E-state index in [1.165, 1.54) is 13.8 Å². The Morgan fingerprint density at radius 3 is 1.31 bits per heavy atom. The van der Waals surface area contributed by atoms with Crippen LogP contribution >= 0.6 is 46.4 Å². The molecule has 4 nitrogen and oxygen atoms in total. The lowest BCUT2D eigenvalue weighted by atomic mass is 10.3. The predicted octanol–water partition coefficient (Wildman–Crippen LogP) is 2.46. The maximum absolute atomic E-state index is 10.6. The Morgan fingerprint density at radius 2 is 1.12 bits per heavy atom. The van der Waals surface area contributed by atoms with Crippen LogP contribution in [-0.2, 0) is 19.1 Å². The molecule has 0 N–H and O–H groups in total. The average molecular weight is 312 g/mol. The highest BCUT2D eigenvalue weighted by Gasteiger charge is 2.49. The summed E-state index contributed by atoms with van der Waals surface area (Å²) < 4.78 is 5.61. The van der Waals surface area contributed by atoms with Crippen molar-refractivity contribution in [2.75, 3.05) is 13.2 Å². The van der Waals surface area contributed by atoms with Gasteiger partial charge in [0.2, 0.25) is 0 Å². The molecule has 0 aliphatic rings. The van der Waals surface area contributed by atoms with Crippen molar-refractivity contribution in [1.29, 1.82) is 0 Å². The van der Waals surface area contributed by atoms with Crippen molar-refractivity contribution in [3.05, 3.63) is 0 Å². The molecule has 0 unspecified atom stereocenters. The molecule has 0 rings (SSSR count). The molecule has 0 aliphatic carbocycles. The molecule has 16 heavy (non-hydrogen) atoms. The van der Waals surface area contributed by atoms with Gasteiger partial charge in [0.25, 0.3) is 0 Å². The lowest BCUT2D eigenvalue weighted by Gasteiger charge is -2.31. The minimum absolute atomic E-state index is 0.417. The molecule has 8 heteroatoms. The monoisotopic (exact) mass is 310 g/mol. The first-order valence-corrected chi connectivity index (χ1v) is 5.62. The van der Waals surface area contributed by atoms with E-state index in [-0.39, 0.29) is 0 Å². The fraction of sp³-hybridized carbons (Fsp3) is 0.750. The van der Waals surface area contributed by atoms with E-state index in [4.69, 9.17) is 46.4 Å². The summed E-state index contributed by atoms with van der Waals surface area (Å²) in [6, 6.07) is 0. The maximum Gasteiger partial charge on any atom is 0.302 e. The molecule has 0 aromatic heterocycles. The Morgan fingerprint density at radius 1 is 0.875 bits per heavy atom. The first-order valence-electron chi connectivity index (χ1n) is 4.11. The third-order valence-electron chi connectivity index (χ3n) is 1.45. The standard InChI is InChI=1S/C8H10Cl4O4/c1-5(13)15-3-7(9,10)8(11,12)4-16-6(2)14/h3-4H2,1-2H3. The van der Waals surface area contributed by atoms with Crippen molar-refractivity contribution in [3.63, 3.8) is 0 Å². The predicted molar refractivity (Wildman–Crippen MR) is 62.1 cm³/mol. The van der Waals surface area contributed by atoms with Crippen LogP contribution in [0.25, 0.3) is 0 Å². The summed E-state index contributed by atoms with van der Waals surface area (Å²) in [6.45, 7) is 1.53. The van der Waals surface area contributed by atoms with E-state index in [2.05, 4.69) is 9.47 Å². The fourth-order valence-corrected chi connectivity index (χ4v) is 1.03. The van der Waals surface area contributed by atoms with Crippen molar-refractivity contribution < 1.29 is 19.1 Å². The quantitative estimate of drug-likeness (QED) is 0.578. The molecule has 0 spiro atoms. The van der Waals surface area contributed by atoms with Gasteiger partial charge in [0.15, 0.2) is 8.67 Å². The summed E-state index contributed by atoms with van der Waals surface area (Å²) in [5.41, 5.74) is 0. The Balaban J connectivity index is 4.44. The zero-order valence-electron chi connectivity index (χ0n) is 8.56. The molecule has 0 saturated heterocycles. The third kappa shape index (κ3) is 5.43. The number of alkyl halides is 4. The number of carbonyl (C=O) groups excluding carboxylic acids is 2. The van der Waals surface area contributed by atoms with Gasteiger partial charge < -0.3 is 9.47 Å². The van der Waals surface area contributed by atoms with E-state index in [0.29, 0.717) is 0 Å². The fourth-order valence-electron chi connectivity index (χ4n) is 0.596. The highest BCUT2D eigenvalue weighted by atomic mass is 35.5. The van der Waals surface area contributed by atoms with Crippen LogP contribution < -0.4 is 0 Å². The molecule has 0 atom stereocenters. The van der Waals surface area contributed by atoms with Gasteiger partial charge in [-0.15, -0.1) is 0 Å². The molecule has 94 valence electrons. The van der Waals surface area contributed by atoms with Crippen LogP contribution in [0.2, 0.25) is 0 Å². The lowest BCUT2D eigenvalue weighted by molar-refractivity contribution is -0.144. The van der Waals surface area contributed by atoms with Gasteiger partial charge in [0, 0.05) is 13.8 Å². The molecule has 0 radical (unpaired) electrons. The summed E-state index contributed by atoms with van der Waals surface area (Å²) >= 11 is 23.2. The van der Waals surface area contributed by atoms with Crippen LogP contribution in [0.1, 0.15) is 13.8 Å². The number of esters is 2. The van der Waals surface area contributed by atoms with Crippen LogP contribution in [0.15, 0.2) is 0 Å². The van der Waals surface area contributed by atoms with Gasteiger partial charge in [-0.3, -0.25) is 9.59 Å². The van der Waals surface area contributed by atoms with E-state index < -0.39 is 33.8 Å². The Bertz CT molecular complexity index is 249. The topological polar surface area (TPSA) is 52.6 Å². The number of rotatable bonds is 5. The van der Waals surface area contributed by atoms with E-state index >= 15 is 0 Å². The molecule has 0 aliphatic heterocycles. The molecular weight excluding hydrogens is 302 g/mol. The summed E-state index contributed by atoms with van der Waals surface area (Å²) in [4.78, 5) is 21.1. The normalized spacial score (nSPS) is 12.1. The zero-order valence-corrected chi connectivity index (χ0v) is 11.6. The van der Waals surface area contributed by atoms with Gasteiger partial charge in [-0.25, -0.2) is 0 Å². The summed E-state index contributed by atoms with van der Waals surface area (Å²) in [5, 5.41) is 0. The number of ether oxygens (including phenoxy) is 2. The second-order valence-electron chi connectivity index (χ2n) is 2.97. The number of halogens is 4. The SMILES string of the molecule is CC(=O)OCC(Cl)(Cl)C(Cl)(Cl)COC(C)=O. The van der Waals surface area contributed by atoms with Gasteiger partial charge in [-0.2, -0.15) is 0 Å². The highest BCUT2D eigenvalue weighted by Crippen LogP contribution is 2.43. The van der Waals surface area contributed by atoms with Crippen LogP contribution in [-0.4, -0.2) is 33.8 Å². The largest absolute Gasteiger partial charge is 0.463 e. The highest BCUT2D eigenvalue weighted by molar-refractivity contribution is 6.62. The minimum Gasteiger partial charge on any atom is -0.463 e. The Kier molecular flexibility index (Phi) is 6.18. The van der Waals surface area contributed by atoms with Gasteiger partial charge >= 0.3 is 11.9 Å². The Labute approximate surface area is 113 Å². The van der Waals surface area contributed by atoms with Crippen molar-refractivity contribution in [1.82, 2.24) is 0 Å². The first kappa shape index (κ1) is 16.1. The minimum atomic E-state index is -1.78. The van der Waals surface area contributed by atoms with Gasteiger partial charge in [0.1, 0.15) is 13.2 Å². The van der Waals surface area contributed by atoms with Crippen molar-refractivity contribution in [2.24, 2.45) is 0 Å². The van der Waals surface area contributed by atoms with Gasteiger partial charge in [-0.05, 0) is 0 Å². The maximum atomic E-state index is 10.6. The number of hydrogen-bond acceptors (Lipinski definition) is 4. The molecule has 0 fully saturated rings. The van der Waals surface area contributed by atoms with Crippen LogP contribution in [0, 0.1) is 0 Å². The third-order valence-corrected chi connectivity index (χ3v) is 3.56. The van der Waals surface area contributed by atoms with E-state index in [1.807, 2.05) is 0 Å². The molecule has 0 aromatic rings. The zero-order chi connectivity index (χ0) is 13.0. The van der Waals surface area contributed by atoms with Crippen LogP contribution in [0.5, 0.6) is 0 Å². The number of hydrogen-bond donors (Lipinski definition) is 0. The van der Waals surface area contributed by atoms with E-state index in [0.717, 1.165) is 0 Å². The van der Waals surface area contributed by atoms with E-state index in [1.54, 1.807) is 0 Å². The average Bonchev–Trinajstić information content (AvgIpc) is 2.11. The second kappa shape index (κ2) is 6.15. The van der Waals surface area contributed by atoms with Crippen LogP contribution in [0.3, 0.4) is 0 Å². The summed E-state index contributed by atoms with van der Waals surface area (Å²) in [5.74, 6) is -1.16. The lowest BCUT2D eigenvalue weighted by Crippen LogP contribution is -2.44. The molecule has 0 heterocycles. The Hall–Kier alpha value is 0.1000. The first-order chi connectivity index (χ1) is 7.08. The summed E-state index contributed by atoms with van der Waals surface area (Å²) in [6.07, 6.45) is 0. The van der Waals surface area contributed by atoms with Gasteiger partial charge in [-0.1, -0.05) is 46.4 Å². The summed E-state index contributed by atoms with van der Waals surface area (Å²) in [7, 11) is 0. The van der Waals surface area contributed by atoms with Crippen molar-refractivity contribution in [2.45, 2.75) is 22.5 Å². The van der Waals surface area contributed by atoms with Crippen molar-refractivity contribution in [3.8, 4) is 0 Å². The van der Waals surface area contributed by atoms with E-state index in [9.17, 15) is 9.59 Å². The molecule has 0 bridgehead atoms. The molecule has 0 saturated carbocycles. The second-order valence-corrected chi connectivity index (χ2v) is 5.94.